The smallest absolute Gasteiger partial charge is 0.317 e. The van der Waals surface area contributed by atoms with E-state index < -0.39 is 0 Å². The summed E-state index contributed by atoms with van der Waals surface area (Å²) in [4.78, 5) is 32.2. The van der Waals surface area contributed by atoms with Gasteiger partial charge in [0.25, 0.3) is 0 Å². The van der Waals surface area contributed by atoms with Crippen molar-refractivity contribution in [1.82, 2.24) is 20.1 Å². The Bertz CT molecular complexity index is 603. The summed E-state index contributed by atoms with van der Waals surface area (Å²) in [5.74, 6) is -0.0174. The second kappa shape index (κ2) is 8.65. The number of amides is 3. The second-order valence-corrected chi connectivity index (χ2v) is 6.72. The number of nitrogens with one attached hydrogen (secondary N) is 1. The summed E-state index contributed by atoms with van der Waals surface area (Å²) in [7, 11) is 0. The van der Waals surface area contributed by atoms with Crippen molar-refractivity contribution in [1.29, 1.82) is 0 Å². The van der Waals surface area contributed by atoms with Crippen molar-refractivity contribution < 1.29 is 9.59 Å². The molecule has 6 nitrogen and oxygen atoms in total. The number of carbonyl (C=O) groups excluding carboxylic acids is 2. The maximum atomic E-state index is 12.3. The molecule has 3 amide bonds. The number of urea groups is 1. The van der Waals surface area contributed by atoms with Gasteiger partial charge in [0.2, 0.25) is 5.91 Å². The first kappa shape index (κ1) is 17.5. The number of pyridine rings is 1. The van der Waals surface area contributed by atoms with Crippen molar-refractivity contribution >= 4 is 18.0 Å². The zero-order valence-electron chi connectivity index (χ0n) is 14.6. The first-order valence-corrected chi connectivity index (χ1v) is 9.15. The summed E-state index contributed by atoms with van der Waals surface area (Å²) in [6, 6.07) is 4.09. The maximum absolute atomic E-state index is 12.3. The Kier molecular flexibility index (Phi) is 6.04. The van der Waals surface area contributed by atoms with Gasteiger partial charge in [0.15, 0.2) is 0 Å². The molecule has 1 aromatic heterocycles. The van der Waals surface area contributed by atoms with Gasteiger partial charge in [0.05, 0.1) is 0 Å². The predicted octanol–water partition coefficient (Wildman–Crippen LogP) is 2.28. The third-order valence-corrected chi connectivity index (χ3v) is 4.91. The van der Waals surface area contributed by atoms with E-state index >= 15 is 0 Å². The number of aromatic nitrogens is 1. The lowest BCUT2D eigenvalue weighted by Gasteiger charge is -2.35. The highest BCUT2D eigenvalue weighted by atomic mass is 16.2. The van der Waals surface area contributed by atoms with Gasteiger partial charge in [0, 0.05) is 50.7 Å². The summed E-state index contributed by atoms with van der Waals surface area (Å²) in [6.45, 7) is 2.33. The highest BCUT2D eigenvalue weighted by Crippen LogP contribution is 2.17. The molecule has 0 atom stereocenters. The molecule has 3 rings (SSSR count). The minimum absolute atomic E-state index is 0.0174. The van der Waals surface area contributed by atoms with Gasteiger partial charge in [0.1, 0.15) is 0 Å². The van der Waals surface area contributed by atoms with Crippen LogP contribution in [-0.4, -0.2) is 58.9 Å². The van der Waals surface area contributed by atoms with Crippen LogP contribution in [0.1, 0.15) is 37.7 Å². The quantitative estimate of drug-likeness (QED) is 0.857. The van der Waals surface area contributed by atoms with Crippen molar-refractivity contribution in [3.05, 3.63) is 36.2 Å². The summed E-state index contributed by atoms with van der Waals surface area (Å²) >= 11 is 0. The standard InChI is InChI=1S/C19H26N4O2/c24-18(9-8-16-5-4-10-20-15-16)22-11-13-23(14-12-22)19(25)21-17-6-2-1-3-7-17/h4-5,8-10,15,17H,1-3,6-7,11-14H2,(H,21,25)/b9-8-. The van der Waals surface area contributed by atoms with Gasteiger partial charge in [-0.15, -0.1) is 0 Å². The Balaban J connectivity index is 1.44. The van der Waals surface area contributed by atoms with Gasteiger partial charge < -0.3 is 15.1 Å². The lowest BCUT2D eigenvalue weighted by Crippen LogP contribution is -2.54. The molecular formula is C19H26N4O2. The topological polar surface area (TPSA) is 65.5 Å². The molecule has 2 aliphatic rings. The van der Waals surface area contributed by atoms with Crippen LogP contribution in [0.2, 0.25) is 0 Å². The van der Waals surface area contributed by atoms with Crippen LogP contribution in [0.5, 0.6) is 0 Å². The zero-order chi connectivity index (χ0) is 17.5. The van der Waals surface area contributed by atoms with Crippen LogP contribution in [0.3, 0.4) is 0 Å². The first-order valence-electron chi connectivity index (χ1n) is 9.15. The van der Waals surface area contributed by atoms with Crippen LogP contribution < -0.4 is 5.32 Å². The normalized spacial score (nSPS) is 19.2. The Morgan fingerprint density at radius 2 is 1.80 bits per heavy atom. The Labute approximate surface area is 148 Å². The highest BCUT2D eigenvalue weighted by molar-refractivity contribution is 5.92. The molecule has 1 aromatic rings. The molecule has 134 valence electrons. The zero-order valence-corrected chi connectivity index (χ0v) is 14.6. The molecule has 0 unspecified atom stereocenters. The summed E-state index contributed by atoms with van der Waals surface area (Å²) < 4.78 is 0. The lowest BCUT2D eigenvalue weighted by molar-refractivity contribution is -0.127. The van der Waals surface area contributed by atoms with Crippen molar-refractivity contribution in [3.63, 3.8) is 0 Å². The summed E-state index contributed by atoms with van der Waals surface area (Å²) in [5, 5.41) is 3.14. The van der Waals surface area contributed by atoms with E-state index in [2.05, 4.69) is 10.3 Å². The van der Waals surface area contributed by atoms with E-state index in [9.17, 15) is 9.59 Å². The molecule has 1 N–H and O–H groups in total. The van der Waals surface area contributed by atoms with Crippen LogP contribution in [0, 0.1) is 0 Å². The summed E-state index contributed by atoms with van der Waals surface area (Å²) in [6.07, 6.45) is 12.6. The van der Waals surface area contributed by atoms with Gasteiger partial charge in [-0.2, -0.15) is 0 Å². The number of nitrogens with zero attached hydrogens (tertiary/aromatic N) is 3. The molecular weight excluding hydrogens is 316 g/mol. The molecule has 25 heavy (non-hydrogen) atoms. The Hall–Kier alpha value is -2.37. The van der Waals surface area contributed by atoms with E-state index in [1.54, 1.807) is 29.4 Å². The van der Waals surface area contributed by atoms with Crippen LogP contribution >= 0.6 is 0 Å². The number of rotatable bonds is 3. The van der Waals surface area contributed by atoms with E-state index in [1.807, 2.05) is 17.0 Å². The average Bonchev–Trinajstić information content (AvgIpc) is 2.68. The number of hydrogen-bond donors (Lipinski definition) is 1. The molecule has 1 aliphatic heterocycles. The average molecular weight is 342 g/mol. The van der Waals surface area contributed by atoms with Gasteiger partial charge in [-0.3, -0.25) is 9.78 Å². The molecule has 1 saturated heterocycles. The van der Waals surface area contributed by atoms with Crippen LogP contribution in [0.15, 0.2) is 30.6 Å². The van der Waals surface area contributed by atoms with Crippen LogP contribution in [0.4, 0.5) is 4.79 Å². The van der Waals surface area contributed by atoms with Gasteiger partial charge in [-0.05, 0) is 30.5 Å². The van der Waals surface area contributed by atoms with Gasteiger partial charge in [-0.25, -0.2) is 4.79 Å². The van der Waals surface area contributed by atoms with E-state index in [4.69, 9.17) is 0 Å². The molecule has 2 heterocycles. The van der Waals surface area contributed by atoms with E-state index in [0.717, 1.165) is 18.4 Å². The van der Waals surface area contributed by atoms with Crippen molar-refractivity contribution in [2.45, 2.75) is 38.1 Å². The highest BCUT2D eigenvalue weighted by Gasteiger charge is 2.25. The minimum Gasteiger partial charge on any atom is -0.336 e. The van der Waals surface area contributed by atoms with Crippen LogP contribution in [0.25, 0.3) is 6.08 Å². The lowest BCUT2D eigenvalue weighted by atomic mass is 9.96. The fraction of sp³-hybridized carbons (Fsp3) is 0.526. The van der Waals surface area contributed by atoms with Gasteiger partial charge in [-0.1, -0.05) is 25.3 Å². The molecule has 0 aromatic carbocycles. The Morgan fingerprint density at radius 3 is 2.48 bits per heavy atom. The first-order chi connectivity index (χ1) is 12.2. The number of carbonyl (C=O) groups is 2. The molecule has 1 saturated carbocycles. The van der Waals surface area contributed by atoms with E-state index in [-0.39, 0.29) is 11.9 Å². The number of piperazine rings is 1. The van der Waals surface area contributed by atoms with Crippen molar-refractivity contribution in [2.75, 3.05) is 26.2 Å². The van der Waals surface area contributed by atoms with E-state index in [1.165, 1.54) is 19.3 Å². The van der Waals surface area contributed by atoms with Gasteiger partial charge >= 0.3 is 6.03 Å². The molecule has 0 bridgehead atoms. The molecule has 1 aliphatic carbocycles. The van der Waals surface area contributed by atoms with Crippen molar-refractivity contribution in [2.24, 2.45) is 0 Å². The molecule has 0 spiro atoms. The molecule has 6 heteroatoms. The van der Waals surface area contributed by atoms with E-state index in [0.29, 0.717) is 32.2 Å². The largest absolute Gasteiger partial charge is 0.336 e. The SMILES string of the molecule is O=C(/C=C\c1cccnc1)N1CCN(C(=O)NC2CCCCC2)CC1. The third-order valence-electron chi connectivity index (χ3n) is 4.91. The predicted molar refractivity (Wildman–Crippen MR) is 96.8 cm³/mol. The van der Waals surface area contributed by atoms with Crippen LogP contribution in [-0.2, 0) is 4.79 Å². The molecule has 0 radical (unpaired) electrons. The number of hydrogen-bond acceptors (Lipinski definition) is 3. The third kappa shape index (κ3) is 5.05. The monoisotopic (exact) mass is 342 g/mol. The van der Waals surface area contributed by atoms with Crippen molar-refractivity contribution in [3.8, 4) is 0 Å². The molecule has 2 fully saturated rings. The second-order valence-electron chi connectivity index (χ2n) is 6.72. The fourth-order valence-corrected chi connectivity index (χ4v) is 3.39. The Morgan fingerprint density at radius 1 is 1.08 bits per heavy atom. The fourth-order valence-electron chi connectivity index (χ4n) is 3.39. The minimum atomic E-state index is -0.0174. The summed E-state index contributed by atoms with van der Waals surface area (Å²) in [5.41, 5.74) is 0.904. The maximum Gasteiger partial charge on any atom is 0.317 e.